The lowest BCUT2D eigenvalue weighted by Crippen LogP contribution is -2.15. The lowest BCUT2D eigenvalue weighted by Gasteiger charge is -2.23. The first kappa shape index (κ1) is 9.55. The normalized spacial score (nSPS) is 35.5. The molecule has 0 amide bonds. The summed E-state index contributed by atoms with van der Waals surface area (Å²) in [6.07, 6.45) is 12.1. The monoisotopic (exact) mass is 180 g/mol. The van der Waals surface area contributed by atoms with Crippen molar-refractivity contribution in [1.29, 1.82) is 0 Å². The first-order valence-electron chi connectivity index (χ1n) is 6.32. The van der Waals surface area contributed by atoms with Crippen molar-refractivity contribution in [3.8, 4) is 0 Å². The largest absolute Gasteiger partial charge is 0.0654 e. The third-order valence-electron chi connectivity index (χ3n) is 4.65. The quantitative estimate of drug-likeness (QED) is 0.602. The van der Waals surface area contributed by atoms with E-state index >= 15 is 0 Å². The SMILES string of the molecule is CCCCC1C(CC)CCC12CC2. The van der Waals surface area contributed by atoms with Crippen LogP contribution in [0.15, 0.2) is 0 Å². The second kappa shape index (κ2) is 3.63. The van der Waals surface area contributed by atoms with Gasteiger partial charge >= 0.3 is 0 Å². The maximum Gasteiger partial charge on any atom is -0.0266 e. The molecule has 1 spiro atoms. The molecule has 2 fully saturated rings. The summed E-state index contributed by atoms with van der Waals surface area (Å²) in [7, 11) is 0. The van der Waals surface area contributed by atoms with Gasteiger partial charge in [-0.3, -0.25) is 0 Å². The summed E-state index contributed by atoms with van der Waals surface area (Å²) in [4.78, 5) is 0. The van der Waals surface area contributed by atoms with Crippen molar-refractivity contribution in [3.05, 3.63) is 0 Å². The third-order valence-corrected chi connectivity index (χ3v) is 4.65. The maximum absolute atomic E-state index is 2.39. The molecule has 0 nitrogen and oxygen atoms in total. The highest BCUT2D eigenvalue weighted by Crippen LogP contribution is 2.64. The molecule has 13 heavy (non-hydrogen) atoms. The van der Waals surface area contributed by atoms with Crippen LogP contribution in [0.3, 0.4) is 0 Å². The van der Waals surface area contributed by atoms with Crippen molar-refractivity contribution in [1.82, 2.24) is 0 Å². The first-order valence-corrected chi connectivity index (χ1v) is 6.32. The van der Waals surface area contributed by atoms with E-state index in [9.17, 15) is 0 Å². The van der Waals surface area contributed by atoms with E-state index in [4.69, 9.17) is 0 Å². The smallest absolute Gasteiger partial charge is 0.0266 e. The van der Waals surface area contributed by atoms with E-state index in [0.29, 0.717) is 0 Å². The van der Waals surface area contributed by atoms with Crippen LogP contribution < -0.4 is 0 Å². The molecular weight excluding hydrogens is 156 g/mol. The molecule has 0 aromatic heterocycles. The molecule has 2 aliphatic carbocycles. The van der Waals surface area contributed by atoms with Crippen LogP contribution in [0.25, 0.3) is 0 Å². The molecular formula is C13H24. The minimum Gasteiger partial charge on any atom is -0.0654 e. The molecule has 2 unspecified atom stereocenters. The summed E-state index contributed by atoms with van der Waals surface area (Å²) in [6, 6.07) is 0. The van der Waals surface area contributed by atoms with Crippen LogP contribution in [0, 0.1) is 17.3 Å². The topological polar surface area (TPSA) is 0 Å². The lowest BCUT2D eigenvalue weighted by molar-refractivity contribution is 0.261. The zero-order valence-electron chi connectivity index (χ0n) is 9.31. The van der Waals surface area contributed by atoms with Gasteiger partial charge in [0.05, 0.1) is 0 Å². The molecule has 0 N–H and O–H groups in total. The minimum absolute atomic E-state index is 0.885. The molecule has 2 saturated carbocycles. The van der Waals surface area contributed by atoms with Crippen LogP contribution in [0.4, 0.5) is 0 Å². The fourth-order valence-corrected chi connectivity index (χ4v) is 3.60. The zero-order chi connectivity index (χ0) is 9.31. The molecule has 2 rings (SSSR count). The lowest BCUT2D eigenvalue weighted by atomic mass is 9.82. The Bertz CT molecular complexity index is 167. The van der Waals surface area contributed by atoms with Crippen molar-refractivity contribution in [2.45, 2.75) is 65.2 Å². The van der Waals surface area contributed by atoms with E-state index in [2.05, 4.69) is 13.8 Å². The highest BCUT2D eigenvalue weighted by Gasteiger charge is 2.54. The average molecular weight is 180 g/mol. The maximum atomic E-state index is 2.39. The summed E-state index contributed by atoms with van der Waals surface area (Å²) in [5, 5.41) is 0. The molecule has 0 bridgehead atoms. The van der Waals surface area contributed by atoms with Crippen LogP contribution in [0.2, 0.25) is 0 Å². The zero-order valence-corrected chi connectivity index (χ0v) is 9.31. The second-order valence-electron chi connectivity index (χ2n) is 5.32. The van der Waals surface area contributed by atoms with Crippen molar-refractivity contribution < 1.29 is 0 Å². The van der Waals surface area contributed by atoms with Crippen LogP contribution in [0.5, 0.6) is 0 Å². The fourth-order valence-electron chi connectivity index (χ4n) is 3.60. The molecule has 76 valence electrons. The molecule has 0 aliphatic heterocycles. The average Bonchev–Trinajstić information content (AvgIpc) is 2.81. The van der Waals surface area contributed by atoms with E-state index in [1.165, 1.54) is 25.7 Å². The fraction of sp³-hybridized carbons (Fsp3) is 1.00. The molecule has 0 radical (unpaired) electrons. The Morgan fingerprint density at radius 1 is 1.15 bits per heavy atom. The third kappa shape index (κ3) is 1.65. The Morgan fingerprint density at radius 3 is 2.46 bits per heavy atom. The summed E-state index contributed by atoms with van der Waals surface area (Å²) in [5.74, 6) is 2.21. The van der Waals surface area contributed by atoms with Crippen molar-refractivity contribution in [2.75, 3.05) is 0 Å². The molecule has 0 heteroatoms. The van der Waals surface area contributed by atoms with Gasteiger partial charge in [-0.2, -0.15) is 0 Å². The highest BCUT2D eigenvalue weighted by molar-refractivity contribution is 5.04. The van der Waals surface area contributed by atoms with Gasteiger partial charge in [0.15, 0.2) is 0 Å². The van der Waals surface area contributed by atoms with Crippen molar-refractivity contribution in [3.63, 3.8) is 0 Å². The number of hydrogen-bond donors (Lipinski definition) is 0. The molecule has 0 heterocycles. The molecule has 0 aromatic carbocycles. The van der Waals surface area contributed by atoms with Crippen LogP contribution in [-0.4, -0.2) is 0 Å². The van der Waals surface area contributed by atoms with Crippen molar-refractivity contribution in [2.24, 2.45) is 17.3 Å². The van der Waals surface area contributed by atoms with Gasteiger partial charge in [-0.1, -0.05) is 33.1 Å². The summed E-state index contributed by atoms with van der Waals surface area (Å²) >= 11 is 0. The molecule has 0 aromatic rings. The Kier molecular flexibility index (Phi) is 2.67. The Hall–Kier alpha value is 0. The van der Waals surface area contributed by atoms with E-state index in [1.807, 2.05) is 0 Å². The predicted molar refractivity (Wildman–Crippen MR) is 57.7 cm³/mol. The van der Waals surface area contributed by atoms with Crippen LogP contribution in [-0.2, 0) is 0 Å². The van der Waals surface area contributed by atoms with Gasteiger partial charge in [0.1, 0.15) is 0 Å². The van der Waals surface area contributed by atoms with Gasteiger partial charge in [0, 0.05) is 0 Å². The van der Waals surface area contributed by atoms with Crippen LogP contribution >= 0.6 is 0 Å². The van der Waals surface area contributed by atoms with Gasteiger partial charge in [0.2, 0.25) is 0 Å². The predicted octanol–water partition coefficient (Wildman–Crippen LogP) is 4.39. The summed E-state index contributed by atoms with van der Waals surface area (Å²) in [6.45, 7) is 4.72. The van der Waals surface area contributed by atoms with Gasteiger partial charge in [-0.05, 0) is 49.4 Å². The van der Waals surface area contributed by atoms with Gasteiger partial charge < -0.3 is 0 Å². The number of unbranched alkanes of at least 4 members (excludes halogenated alkanes) is 1. The summed E-state index contributed by atoms with van der Waals surface area (Å²) in [5.41, 5.74) is 0.885. The molecule has 2 atom stereocenters. The molecule has 0 saturated heterocycles. The van der Waals surface area contributed by atoms with E-state index in [-0.39, 0.29) is 0 Å². The Morgan fingerprint density at radius 2 is 1.92 bits per heavy atom. The van der Waals surface area contributed by atoms with Gasteiger partial charge in [-0.25, -0.2) is 0 Å². The number of hydrogen-bond acceptors (Lipinski definition) is 0. The van der Waals surface area contributed by atoms with E-state index in [1.54, 1.807) is 25.7 Å². The molecule has 2 aliphatic rings. The Labute approximate surface area is 83.1 Å². The van der Waals surface area contributed by atoms with Crippen molar-refractivity contribution >= 4 is 0 Å². The van der Waals surface area contributed by atoms with Gasteiger partial charge in [-0.15, -0.1) is 0 Å². The van der Waals surface area contributed by atoms with E-state index < -0.39 is 0 Å². The highest BCUT2D eigenvalue weighted by atomic mass is 14.6. The first-order chi connectivity index (χ1) is 6.32. The minimum atomic E-state index is 0.885. The standard InChI is InChI=1S/C13H24/c1-3-5-6-12-11(4-2)7-8-13(12)9-10-13/h11-12H,3-10H2,1-2H3. The number of rotatable bonds is 4. The van der Waals surface area contributed by atoms with Gasteiger partial charge in [0.25, 0.3) is 0 Å². The Balaban J connectivity index is 1.93. The van der Waals surface area contributed by atoms with E-state index in [0.717, 1.165) is 17.3 Å². The van der Waals surface area contributed by atoms with Crippen LogP contribution in [0.1, 0.15) is 65.2 Å². The second-order valence-corrected chi connectivity index (χ2v) is 5.32. The summed E-state index contributed by atoms with van der Waals surface area (Å²) < 4.78 is 0.